The summed E-state index contributed by atoms with van der Waals surface area (Å²) in [7, 11) is 0. The van der Waals surface area contributed by atoms with E-state index >= 15 is 0 Å². The van der Waals surface area contributed by atoms with E-state index in [4.69, 9.17) is 11.8 Å². The van der Waals surface area contributed by atoms with E-state index in [2.05, 4.69) is 4.98 Å². The van der Waals surface area contributed by atoms with Gasteiger partial charge in [-0.1, -0.05) is 38.0 Å². The number of halogens is 4. The van der Waals surface area contributed by atoms with Crippen molar-refractivity contribution in [2.45, 2.75) is 44.7 Å². The molecule has 6 heteroatoms. The maximum absolute atomic E-state index is 14.5. The standard InChI is InChI=1S/C18H18ClF3N2/c1-3-4-9-17(18(20,21)22)13-7-5-6-8-15(13)24(19)16-11-23-12(2)10-14(16)17/h5-8,10-11H,3-4,9H2,1-2H3. The Bertz CT molecular complexity index is 760. The Kier molecular flexibility index (Phi) is 4.24. The highest BCUT2D eigenvalue weighted by molar-refractivity contribution is 6.30. The van der Waals surface area contributed by atoms with Gasteiger partial charge < -0.3 is 0 Å². The average molecular weight is 355 g/mol. The Balaban J connectivity index is 2.39. The van der Waals surface area contributed by atoms with Crippen LogP contribution in [0.25, 0.3) is 0 Å². The fourth-order valence-corrected chi connectivity index (χ4v) is 3.77. The second kappa shape index (κ2) is 5.96. The van der Waals surface area contributed by atoms with Gasteiger partial charge in [-0.15, -0.1) is 0 Å². The first kappa shape index (κ1) is 17.1. The number of fused-ring (bicyclic) bond motifs is 2. The van der Waals surface area contributed by atoms with Gasteiger partial charge in [-0.25, -0.2) is 0 Å². The number of nitrogens with zero attached hydrogens (tertiary/aromatic N) is 2. The van der Waals surface area contributed by atoms with Crippen molar-refractivity contribution in [3.8, 4) is 0 Å². The summed E-state index contributed by atoms with van der Waals surface area (Å²) in [4.78, 5) is 4.15. The summed E-state index contributed by atoms with van der Waals surface area (Å²) in [6.07, 6.45) is -1.86. The molecule has 0 bridgehead atoms. The predicted octanol–water partition coefficient (Wildman–Crippen LogP) is 6.03. The van der Waals surface area contributed by atoms with Crippen LogP contribution in [0.1, 0.15) is 43.0 Å². The summed E-state index contributed by atoms with van der Waals surface area (Å²) in [5.41, 5.74) is -0.458. The second-order valence-corrected chi connectivity index (χ2v) is 6.49. The van der Waals surface area contributed by atoms with Gasteiger partial charge in [0.2, 0.25) is 0 Å². The van der Waals surface area contributed by atoms with E-state index in [0.717, 1.165) is 0 Å². The fourth-order valence-electron chi connectivity index (χ4n) is 3.49. The number of hydrogen-bond donors (Lipinski definition) is 0. The van der Waals surface area contributed by atoms with Crippen molar-refractivity contribution in [1.82, 2.24) is 4.98 Å². The largest absolute Gasteiger partial charge is 0.402 e. The Labute approximate surface area is 144 Å². The van der Waals surface area contributed by atoms with Crippen LogP contribution < -0.4 is 4.42 Å². The molecule has 3 rings (SSSR count). The molecule has 1 aromatic carbocycles. The van der Waals surface area contributed by atoms with Gasteiger partial charge in [0, 0.05) is 23.0 Å². The quantitative estimate of drug-likeness (QED) is 0.625. The third-order valence-electron chi connectivity index (χ3n) is 4.66. The smallest absolute Gasteiger partial charge is 0.259 e. The van der Waals surface area contributed by atoms with E-state index in [1.165, 1.54) is 22.7 Å². The summed E-state index contributed by atoms with van der Waals surface area (Å²) >= 11 is 6.37. The highest BCUT2D eigenvalue weighted by Crippen LogP contribution is 2.58. The van der Waals surface area contributed by atoms with Gasteiger partial charge in [-0.3, -0.25) is 9.40 Å². The summed E-state index contributed by atoms with van der Waals surface area (Å²) < 4.78 is 44.6. The zero-order valence-corrected chi connectivity index (χ0v) is 14.2. The zero-order chi connectivity index (χ0) is 17.5. The lowest BCUT2D eigenvalue weighted by Gasteiger charge is -2.44. The van der Waals surface area contributed by atoms with Crippen molar-refractivity contribution in [2.24, 2.45) is 0 Å². The summed E-state index contributed by atoms with van der Waals surface area (Å²) in [5.74, 6) is 0. The molecule has 2 nitrogen and oxygen atoms in total. The van der Waals surface area contributed by atoms with Crippen molar-refractivity contribution in [1.29, 1.82) is 0 Å². The number of aryl methyl sites for hydroxylation is 1. The maximum Gasteiger partial charge on any atom is 0.402 e. The third kappa shape index (κ3) is 2.37. The van der Waals surface area contributed by atoms with Crippen LogP contribution in [0.4, 0.5) is 24.5 Å². The van der Waals surface area contributed by atoms with Crippen molar-refractivity contribution in [3.05, 3.63) is 53.3 Å². The van der Waals surface area contributed by atoms with Gasteiger partial charge in [0.1, 0.15) is 5.41 Å². The SMILES string of the molecule is CCCCC1(C(F)(F)F)c2ccccc2N(Cl)c2cnc(C)cc21. The molecule has 2 aromatic rings. The molecule has 128 valence electrons. The Morgan fingerprint density at radius 3 is 2.54 bits per heavy atom. The molecule has 0 spiro atoms. The van der Waals surface area contributed by atoms with E-state index in [1.54, 1.807) is 25.1 Å². The normalized spacial score (nSPS) is 19.8. The van der Waals surface area contributed by atoms with Gasteiger partial charge in [-0.05, 0) is 31.0 Å². The average Bonchev–Trinajstić information content (AvgIpc) is 2.54. The molecule has 0 saturated carbocycles. The molecule has 2 heterocycles. The van der Waals surface area contributed by atoms with Crippen LogP contribution >= 0.6 is 11.8 Å². The zero-order valence-electron chi connectivity index (χ0n) is 13.5. The van der Waals surface area contributed by atoms with Gasteiger partial charge in [0.25, 0.3) is 0 Å². The topological polar surface area (TPSA) is 16.1 Å². The molecule has 0 amide bonds. The van der Waals surface area contributed by atoms with E-state index in [0.29, 0.717) is 29.9 Å². The molecule has 0 aliphatic carbocycles. The molecule has 1 aromatic heterocycles. The third-order valence-corrected chi connectivity index (χ3v) is 5.02. The number of aromatic nitrogens is 1. The van der Waals surface area contributed by atoms with Gasteiger partial charge >= 0.3 is 6.18 Å². The van der Waals surface area contributed by atoms with Gasteiger partial charge in [0.15, 0.2) is 0 Å². The van der Waals surface area contributed by atoms with Crippen molar-refractivity contribution < 1.29 is 13.2 Å². The lowest BCUT2D eigenvalue weighted by atomic mass is 9.67. The number of hydrogen-bond acceptors (Lipinski definition) is 2. The first-order chi connectivity index (χ1) is 11.3. The Morgan fingerprint density at radius 1 is 1.17 bits per heavy atom. The Hall–Kier alpha value is -1.75. The molecule has 1 aliphatic heterocycles. The number of anilines is 2. The molecule has 0 fully saturated rings. The molecule has 1 aliphatic rings. The minimum atomic E-state index is -4.43. The fraction of sp³-hybridized carbons (Fsp3) is 0.389. The first-order valence-corrected chi connectivity index (χ1v) is 8.26. The van der Waals surface area contributed by atoms with Crippen LogP contribution in [-0.4, -0.2) is 11.2 Å². The van der Waals surface area contributed by atoms with E-state index in [9.17, 15) is 13.2 Å². The van der Waals surface area contributed by atoms with Crippen LogP contribution in [0.15, 0.2) is 36.5 Å². The number of para-hydroxylation sites is 1. The van der Waals surface area contributed by atoms with Gasteiger partial charge in [0.05, 0.1) is 17.6 Å². The van der Waals surface area contributed by atoms with E-state index < -0.39 is 11.6 Å². The minimum absolute atomic E-state index is 0.00873. The molecular weight excluding hydrogens is 337 g/mol. The molecular formula is C18H18ClF3N2. The molecule has 0 N–H and O–H groups in total. The van der Waals surface area contributed by atoms with Crippen LogP contribution in [-0.2, 0) is 5.41 Å². The van der Waals surface area contributed by atoms with Gasteiger partial charge in [-0.2, -0.15) is 13.2 Å². The number of unbranched alkanes of at least 4 members (excludes halogenated alkanes) is 1. The van der Waals surface area contributed by atoms with Crippen LogP contribution in [0, 0.1) is 6.92 Å². The monoisotopic (exact) mass is 354 g/mol. The van der Waals surface area contributed by atoms with E-state index in [-0.39, 0.29) is 17.5 Å². The molecule has 0 radical (unpaired) electrons. The summed E-state index contributed by atoms with van der Waals surface area (Å²) in [6, 6.07) is 8.00. The molecule has 1 atom stereocenters. The second-order valence-electron chi connectivity index (χ2n) is 6.15. The van der Waals surface area contributed by atoms with Crippen LogP contribution in [0.3, 0.4) is 0 Å². The molecule has 24 heavy (non-hydrogen) atoms. The van der Waals surface area contributed by atoms with Crippen LogP contribution in [0.2, 0.25) is 0 Å². The Morgan fingerprint density at radius 2 is 1.88 bits per heavy atom. The molecule has 1 unspecified atom stereocenters. The number of pyridine rings is 1. The van der Waals surface area contributed by atoms with Crippen molar-refractivity contribution in [3.63, 3.8) is 0 Å². The van der Waals surface area contributed by atoms with Crippen molar-refractivity contribution in [2.75, 3.05) is 4.42 Å². The molecule has 0 saturated heterocycles. The maximum atomic E-state index is 14.5. The summed E-state index contributed by atoms with van der Waals surface area (Å²) in [6.45, 7) is 3.59. The van der Waals surface area contributed by atoms with E-state index in [1.807, 2.05) is 6.92 Å². The van der Waals surface area contributed by atoms with Crippen LogP contribution in [0.5, 0.6) is 0 Å². The lowest BCUT2D eigenvalue weighted by molar-refractivity contribution is -0.180. The number of rotatable bonds is 3. The first-order valence-electron chi connectivity index (χ1n) is 7.92. The van der Waals surface area contributed by atoms with Crippen molar-refractivity contribution >= 4 is 23.2 Å². The summed E-state index contributed by atoms with van der Waals surface area (Å²) in [5, 5.41) is 0. The highest BCUT2D eigenvalue weighted by atomic mass is 35.5. The predicted molar refractivity (Wildman–Crippen MR) is 89.8 cm³/mol. The number of alkyl halides is 3. The minimum Gasteiger partial charge on any atom is -0.259 e. The highest BCUT2D eigenvalue weighted by Gasteiger charge is 2.60. The lowest BCUT2D eigenvalue weighted by Crippen LogP contribution is -2.46. The number of benzene rings is 1.